The van der Waals surface area contributed by atoms with Crippen LogP contribution in [0.3, 0.4) is 0 Å². The molecule has 0 unspecified atom stereocenters. The lowest BCUT2D eigenvalue weighted by molar-refractivity contribution is -0.136. The Hall–Kier alpha value is -1.89. The number of halogens is 1. The SMILES string of the molecule is O=C(O)CCc1ccc(NC(=O)c2ccccc2I)cc1. The summed E-state index contributed by atoms with van der Waals surface area (Å²) in [6, 6.07) is 14.6. The van der Waals surface area contributed by atoms with E-state index in [2.05, 4.69) is 27.9 Å². The number of aliphatic carboxylic acids is 1. The molecule has 0 bridgehead atoms. The number of rotatable bonds is 5. The van der Waals surface area contributed by atoms with Crippen molar-refractivity contribution in [1.82, 2.24) is 0 Å². The zero-order valence-electron chi connectivity index (χ0n) is 11.2. The van der Waals surface area contributed by atoms with Crippen molar-refractivity contribution >= 4 is 40.2 Å². The number of benzene rings is 2. The summed E-state index contributed by atoms with van der Waals surface area (Å²) in [6.07, 6.45) is 0.591. The van der Waals surface area contributed by atoms with Gasteiger partial charge in [0.05, 0.1) is 5.56 Å². The van der Waals surface area contributed by atoms with E-state index in [-0.39, 0.29) is 12.3 Å². The van der Waals surface area contributed by atoms with Crippen molar-refractivity contribution in [2.24, 2.45) is 0 Å². The van der Waals surface area contributed by atoms with Gasteiger partial charge in [0.2, 0.25) is 0 Å². The van der Waals surface area contributed by atoms with Crippen LogP contribution in [0.1, 0.15) is 22.3 Å². The van der Waals surface area contributed by atoms with Gasteiger partial charge in [-0.05, 0) is 58.8 Å². The van der Waals surface area contributed by atoms with Crippen LogP contribution < -0.4 is 5.32 Å². The third-order valence-corrected chi connectivity index (χ3v) is 3.90. The minimum atomic E-state index is -0.814. The zero-order chi connectivity index (χ0) is 15.2. The first-order valence-corrected chi connectivity index (χ1v) is 7.51. The van der Waals surface area contributed by atoms with E-state index in [0.717, 1.165) is 9.13 Å². The number of hydrogen-bond donors (Lipinski definition) is 2. The van der Waals surface area contributed by atoms with Gasteiger partial charge in [0.25, 0.3) is 5.91 Å². The molecule has 0 atom stereocenters. The maximum atomic E-state index is 12.1. The van der Waals surface area contributed by atoms with E-state index in [1.807, 2.05) is 30.3 Å². The first-order chi connectivity index (χ1) is 10.1. The zero-order valence-corrected chi connectivity index (χ0v) is 13.3. The molecule has 0 aliphatic heterocycles. The molecule has 2 aromatic rings. The van der Waals surface area contributed by atoms with Crippen LogP contribution in [0, 0.1) is 3.57 Å². The Balaban J connectivity index is 2.02. The number of anilines is 1. The Morgan fingerprint density at radius 2 is 1.71 bits per heavy atom. The summed E-state index contributed by atoms with van der Waals surface area (Å²) in [5, 5.41) is 11.5. The van der Waals surface area contributed by atoms with Gasteiger partial charge in [-0.3, -0.25) is 9.59 Å². The number of carbonyl (C=O) groups excluding carboxylic acids is 1. The van der Waals surface area contributed by atoms with Crippen LogP contribution in [0.25, 0.3) is 0 Å². The molecule has 5 heteroatoms. The van der Waals surface area contributed by atoms with Gasteiger partial charge in [-0.25, -0.2) is 0 Å². The van der Waals surface area contributed by atoms with Gasteiger partial charge in [-0.1, -0.05) is 24.3 Å². The second-order valence-electron chi connectivity index (χ2n) is 4.52. The average molecular weight is 395 g/mol. The lowest BCUT2D eigenvalue weighted by Gasteiger charge is -2.07. The Bertz CT molecular complexity index is 653. The number of nitrogens with one attached hydrogen (secondary N) is 1. The molecule has 2 aromatic carbocycles. The standard InChI is InChI=1S/C16H14INO3/c17-14-4-2-1-3-13(14)16(21)18-12-8-5-11(6-9-12)7-10-15(19)20/h1-6,8-9H,7,10H2,(H,18,21)(H,19,20). The van der Waals surface area contributed by atoms with E-state index in [1.165, 1.54) is 0 Å². The fourth-order valence-electron chi connectivity index (χ4n) is 1.85. The molecule has 0 spiro atoms. The van der Waals surface area contributed by atoms with Crippen LogP contribution in [0.15, 0.2) is 48.5 Å². The number of hydrogen-bond acceptors (Lipinski definition) is 2. The highest BCUT2D eigenvalue weighted by Crippen LogP contribution is 2.16. The van der Waals surface area contributed by atoms with Crippen LogP contribution in [0.5, 0.6) is 0 Å². The van der Waals surface area contributed by atoms with Crippen LogP contribution in [-0.4, -0.2) is 17.0 Å². The van der Waals surface area contributed by atoms with Crippen molar-refractivity contribution in [2.75, 3.05) is 5.32 Å². The van der Waals surface area contributed by atoms with Crippen molar-refractivity contribution in [3.63, 3.8) is 0 Å². The molecule has 0 aromatic heterocycles. The smallest absolute Gasteiger partial charge is 0.303 e. The van der Waals surface area contributed by atoms with Gasteiger partial charge in [0.1, 0.15) is 0 Å². The molecule has 0 saturated carbocycles. The van der Waals surface area contributed by atoms with Crippen LogP contribution in [0.2, 0.25) is 0 Å². The first-order valence-electron chi connectivity index (χ1n) is 6.43. The van der Waals surface area contributed by atoms with Gasteiger partial charge in [0.15, 0.2) is 0 Å². The Morgan fingerprint density at radius 1 is 1.05 bits per heavy atom. The lowest BCUT2D eigenvalue weighted by atomic mass is 10.1. The Morgan fingerprint density at radius 3 is 2.33 bits per heavy atom. The van der Waals surface area contributed by atoms with Gasteiger partial charge >= 0.3 is 5.97 Å². The van der Waals surface area contributed by atoms with Crippen molar-refractivity contribution < 1.29 is 14.7 Å². The van der Waals surface area contributed by atoms with E-state index in [0.29, 0.717) is 17.7 Å². The fourth-order valence-corrected chi connectivity index (χ4v) is 2.48. The molecule has 0 aliphatic carbocycles. The molecule has 4 nitrogen and oxygen atoms in total. The molecule has 2 rings (SSSR count). The molecule has 21 heavy (non-hydrogen) atoms. The van der Waals surface area contributed by atoms with E-state index in [4.69, 9.17) is 5.11 Å². The van der Waals surface area contributed by atoms with Crippen molar-refractivity contribution in [1.29, 1.82) is 0 Å². The molecule has 0 heterocycles. The quantitative estimate of drug-likeness (QED) is 0.761. The monoisotopic (exact) mass is 395 g/mol. The summed E-state index contributed by atoms with van der Waals surface area (Å²) in [5.41, 5.74) is 2.26. The summed E-state index contributed by atoms with van der Waals surface area (Å²) in [5.74, 6) is -0.968. The minimum absolute atomic E-state index is 0.105. The molecular formula is C16H14INO3. The Labute approximate surface area is 136 Å². The molecule has 0 radical (unpaired) electrons. The number of carboxylic acids is 1. The largest absolute Gasteiger partial charge is 0.481 e. The number of amides is 1. The third-order valence-electron chi connectivity index (χ3n) is 2.96. The summed E-state index contributed by atoms with van der Waals surface area (Å²) >= 11 is 2.12. The van der Waals surface area contributed by atoms with Gasteiger partial charge in [0, 0.05) is 15.7 Å². The summed E-state index contributed by atoms with van der Waals surface area (Å²) in [7, 11) is 0. The third kappa shape index (κ3) is 4.56. The van der Waals surface area contributed by atoms with Gasteiger partial charge < -0.3 is 10.4 Å². The minimum Gasteiger partial charge on any atom is -0.481 e. The van der Waals surface area contributed by atoms with Crippen molar-refractivity contribution in [3.05, 3.63) is 63.2 Å². The molecule has 2 N–H and O–H groups in total. The van der Waals surface area contributed by atoms with E-state index in [1.54, 1.807) is 18.2 Å². The maximum Gasteiger partial charge on any atom is 0.303 e. The van der Waals surface area contributed by atoms with Gasteiger partial charge in [-0.15, -0.1) is 0 Å². The molecule has 0 saturated heterocycles. The highest BCUT2D eigenvalue weighted by atomic mass is 127. The van der Waals surface area contributed by atoms with Gasteiger partial charge in [-0.2, -0.15) is 0 Å². The maximum absolute atomic E-state index is 12.1. The van der Waals surface area contributed by atoms with E-state index >= 15 is 0 Å². The molecular weight excluding hydrogens is 381 g/mol. The van der Waals surface area contributed by atoms with Crippen LogP contribution in [-0.2, 0) is 11.2 Å². The predicted octanol–water partition coefficient (Wildman–Crippen LogP) is 3.56. The number of carboxylic acid groups (broad SMARTS) is 1. The van der Waals surface area contributed by atoms with E-state index in [9.17, 15) is 9.59 Å². The molecule has 1 amide bonds. The van der Waals surface area contributed by atoms with Crippen LogP contribution in [0.4, 0.5) is 5.69 Å². The van der Waals surface area contributed by atoms with Crippen molar-refractivity contribution in [3.8, 4) is 0 Å². The average Bonchev–Trinajstić information content (AvgIpc) is 2.47. The summed E-state index contributed by atoms with van der Waals surface area (Å²) in [6.45, 7) is 0. The summed E-state index contributed by atoms with van der Waals surface area (Å²) in [4.78, 5) is 22.7. The first kappa shape index (κ1) is 15.5. The lowest BCUT2D eigenvalue weighted by Crippen LogP contribution is -2.13. The van der Waals surface area contributed by atoms with Crippen LogP contribution >= 0.6 is 22.6 Å². The highest BCUT2D eigenvalue weighted by molar-refractivity contribution is 14.1. The molecule has 108 valence electrons. The fraction of sp³-hybridized carbons (Fsp3) is 0.125. The molecule has 0 fully saturated rings. The number of aryl methyl sites for hydroxylation is 1. The predicted molar refractivity (Wildman–Crippen MR) is 89.5 cm³/mol. The molecule has 0 aliphatic rings. The highest BCUT2D eigenvalue weighted by Gasteiger charge is 2.09. The van der Waals surface area contributed by atoms with Crippen molar-refractivity contribution in [2.45, 2.75) is 12.8 Å². The topological polar surface area (TPSA) is 66.4 Å². The number of carbonyl (C=O) groups is 2. The second kappa shape index (κ2) is 7.21. The summed E-state index contributed by atoms with van der Waals surface area (Å²) < 4.78 is 0.894. The van der Waals surface area contributed by atoms with E-state index < -0.39 is 5.97 Å². The Kier molecular flexibility index (Phi) is 5.32. The normalized spacial score (nSPS) is 10.1. The second-order valence-corrected chi connectivity index (χ2v) is 5.69.